The number of fused-ring (bicyclic) bond motifs is 2. The third-order valence-corrected chi connectivity index (χ3v) is 7.05. The molecule has 6 heteroatoms. The fraction of sp³-hybridized carbons (Fsp3) is 0.321. The van der Waals surface area contributed by atoms with Crippen LogP contribution >= 0.6 is 12.6 Å². The van der Waals surface area contributed by atoms with Crippen LogP contribution in [0.1, 0.15) is 43.2 Å². The Bertz CT molecular complexity index is 1150. The second-order valence-electron chi connectivity index (χ2n) is 9.21. The summed E-state index contributed by atoms with van der Waals surface area (Å²) >= 11 is 4.14. The summed E-state index contributed by atoms with van der Waals surface area (Å²) in [6.07, 6.45) is 6.80. The smallest absolute Gasteiger partial charge is 0.341 e. The monoisotopic (exact) mass is 476 g/mol. The summed E-state index contributed by atoms with van der Waals surface area (Å²) in [6, 6.07) is 20.4. The van der Waals surface area contributed by atoms with E-state index in [9.17, 15) is 4.79 Å². The zero-order valence-corrected chi connectivity index (χ0v) is 20.4. The molecule has 1 aliphatic carbocycles. The Hall–Kier alpha value is -3.12. The van der Waals surface area contributed by atoms with E-state index >= 15 is 0 Å². The summed E-state index contributed by atoms with van der Waals surface area (Å²) in [5.41, 5.74) is 13.3. The number of carboxylic acids is 1. The number of thiol groups is 1. The molecule has 4 N–H and O–H groups in total. The van der Waals surface area contributed by atoms with E-state index < -0.39 is 5.97 Å². The summed E-state index contributed by atoms with van der Waals surface area (Å²) in [7, 11) is 0. The first-order chi connectivity index (χ1) is 16.4. The molecule has 3 aromatic rings. The molecular weight excluding hydrogens is 444 g/mol. The summed E-state index contributed by atoms with van der Waals surface area (Å²) in [5.74, 6) is -0.394. The van der Waals surface area contributed by atoms with Gasteiger partial charge in [0.15, 0.2) is 6.61 Å². The van der Waals surface area contributed by atoms with Crippen LogP contribution in [0.15, 0.2) is 65.6 Å². The molecule has 0 unspecified atom stereocenters. The lowest BCUT2D eigenvalue weighted by atomic mass is 9.70. The fourth-order valence-corrected chi connectivity index (χ4v) is 5.23. The second-order valence-corrected chi connectivity index (χ2v) is 9.73. The first-order valence-electron chi connectivity index (χ1n) is 11.7. The summed E-state index contributed by atoms with van der Waals surface area (Å²) in [6.45, 7) is 2.65. The number of aliphatic carboxylic acids is 1. The van der Waals surface area contributed by atoms with Gasteiger partial charge >= 0.3 is 5.97 Å². The third-order valence-electron chi connectivity index (χ3n) is 6.77. The Morgan fingerprint density at radius 3 is 2.41 bits per heavy atom. The molecule has 0 atom stereocenters. The SMILES string of the molecule is Cc1cc(S)ccc1OCC(=O)O.Nc1ccc(-c2ccc3c(c2)C2(CCCCC2)CN3)cc1. The van der Waals surface area contributed by atoms with Gasteiger partial charge in [-0.15, -0.1) is 12.6 Å². The van der Waals surface area contributed by atoms with Crippen molar-refractivity contribution in [1.29, 1.82) is 0 Å². The highest BCUT2D eigenvalue weighted by Crippen LogP contribution is 2.47. The van der Waals surface area contributed by atoms with Gasteiger partial charge in [-0.1, -0.05) is 37.5 Å². The van der Waals surface area contributed by atoms with Crippen LogP contribution in [0.4, 0.5) is 11.4 Å². The number of nitrogens with one attached hydrogen (secondary N) is 1. The van der Waals surface area contributed by atoms with Crippen molar-refractivity contribution in [3.63, 3.8) is 0 Å². The van der Waals surface area contributed by atoms with E-state index in [4.69, 9.17) is 15.6 Å². The van der Waals surface area contributed by atoms with Crippen LogP contribution in [0.2, 0.25) is 0 Å². The molecule has 1 spiro atoms. The van der Waals surface area contributed by atoms with Gasteiger partial charge < -0.3 is 20.9 Å². The largest absolute Gasteiger partial charge is 0.482 e. The van der Waals surface area contributed by atoms with Gasteiger partial charge in [0, 0.05) is 28.2 Å². The number of nitrogen functional groups attached to an aromatic ring is 1. The lowest BCUT2D eigenvalue weighted by Gasteiger charge is -2.33. The lowest BCUT2D eigenvalue weighted by Crippen LogP contribution is -2.30. The topological polar surface area (TPSA) is 84.6 Å². The first-order valence-corrected chi connectivity index (χ1v) is 12.2. The average molecular weight is 477 g/mol. The van der Waals surface area contributed by atoms with E-state index in [0.29, 0.717) is 11.2 Å². The van der Waals surface area contributed by atoms with Crippen molar-refractivity contribution in [2.24, 2.45) is 0 Å². The van der Waals surface area contributed by atoms with E-state index in [2.05, 4.69) is 48.3 Å². The number of aryl methyl sites for hydroxylation is 1. The molecule has 3 aromatic carbocycles. The van der Waals surface area contributed by atoms with Gasteiger partial charge in [0.2, 0.25) is 0 Å². The van der Waals surface area contributed by atoms with Crippen LogP contribution in [-0.2, 0) is 10.2 Å². The van der Waals surface area contributed by atoms with Gasteiger partial charge in [-0.05, 0) is 84.5 Å². The molecular formula is C28H32N2O3S. The number of benzene rings is 3. The molecule has 0 bridgehead atoms. The van der Waals surface area contributed by atoms with Gasteiger partial charge in [-0.3, -0.25) is 0 Å². The highest BCUT2D eigenvalue weighted by Gasteiger charge is 2.39. The van der Waals surface area contributed by atoms with Crippen molar-refractivity contribution in [1.82, 2.24) is 0 Å². The molecule has 178 valence electrons. The molecule has 1 heterocycles. The molecule has 1 fully saturated rings. The van der Waals surface area contributed by atoms with Gasteiger partial charge in [0.05, 0.1) is 0 Å². The molecule has 0 saturated heterocycles. The number of ether oxygens (including phenoxy) is 1. The maximum absolute atomic E-state index is 10.2. The molecule has 34 heavy (non-hydrogen) atoms. The standard InChI is InChI=1S/C19H22N2.C9H10O3S/c20-16-7-4-14(5-8-16)15-6-9-18-17(12-15)19(13-21-18)10-2-1-3-11-19;1-6-4-7(13)2-3-8(6)12-5-9(10)11/h4-9,12,21H,1-3,10-11,13,20H2;2-4,13H,5H2,1H3,(H,10,11). The molecule has 5 nitrogen and oxygen atoms in total. The van der Waals surface area contributed by atoms with E-state index in [1.54, 1.807) is 12.1 Å². The Balaban J connectivity index is 0.000000182. The van der Waals surface area contributed by atoms with Gasteiger partial charge in [-0.25, -0.2) is 4.79 Å². The zero-order chi connectivity index (χ0) is 24.1. The van der Waals surface area contributed by atoms with Crippen molar-refractivity contribution in [3.8, 4) is 16.9 Å². The minimum Gasteiger partial charge on any atom is -0.482 e. The quantitative estimate of drug-likeness (QED) is 0.262. The zero-order valence-electron chi connectivity index (χ0n) is 19.5. The number of carbonyl (C=O) groups is 1. The fourth-order valence-electron chi connectivity index (χ4n) is 4.96. The van der Waals surface area contributed by atoms with Crippen LogP contribution in [-0.4, -0.2) is 24.2 Å². The van der Waals surface area contributed by atoms with E-state index in [1.807, 2.05) is 25.1 Å². The number of nitrogens with two attached hydrogens (primary N) is 1. The van der Waals surface area contributed by atoms with Crippen molar-refractivity contribution >= 4 is 30.0 Å². The molecule has 0 aromatic heterocycles. The van der Waals surface area contributed by atoms with Crippen molar-refractivity contribution in [2.75, 3.05) is 24.2 Å². The molecule has 0 amide bonds. The minimum atomic E-state index is -0.977. The van der Waals surface area contributed by atoms with Crippen LogP contribution in [0.3, 0.4) is 0 Å². The molecule has 2 aliphatic rings. The number of carboxylic acid groups (broad SMARTS) is 1. The maximum Gasteiger partial charge on any atom is 0.341 e. The Morgan fingerprint density at radius 2 is 1.74 bits per heavy atom. The summed E-state index contributed by atoms with van der Waals surface area (Å²) < 4.78 is 5.02. The van der Waals surface area contributed by atoms with Crippen LogP contribution in [0, 0.1) is 6.92 Å². The maximum atomic E-state index is 10.2. The van der Waals surface area contributed by atoms with Crippen LogP contribution < -0.4 is 15.8 Å². The van der Waals surface area contributed by atoms with Crippen LogP contribution in [0.5, 0.6) is 5.75 Å². The predicted octanol–water partition coefficient (Wildman–Crippen LogP) is 6.31. The highest BCUT2D eigenvalue weighted by atomic mass is 32.1. The van der Waals surface area contributed by atoms with Crippen molar-refractivity contribution in [3.05, 3.63) is 71.8 Å². The molecule has 1 saturated carbocycles. The lowest BCUT2D eigenvalue weighted by molar-refractivity contribution is -0.139. The number of hydrogen-bond acceptors (Lipinski definition) is 5. The number of rotatable bonds is 4. The first kappa shape index (κ1) is 24.0. The second kappa shape index (κ2) is 10.4. The van der Waals surface area contributed by atoms with E-state index in [-0.39, 0.29) is 6.61 Å². The van der Waals surface area contributed by atoms with E-state index in [1.165, 1.54) is 54.5 Å². The van der Waals surface area contributed by atoms with E-state index in [0.717, 1.165) is 22.7 Å². The number of anilines is 2. The van der Waals surface area contributed by atoms with Gasteiger partial charge in [0.1, 0.15) is 5.75 Å². The van der Waals surface area contributed by atoms with Crippen LogP contribution in [0.25, 0.3) is 11.1 Å². The number of hydrogen-bond donors (Lipinski definition) is 4. The van der Waals surface area contributed by atoms with Crippen molar-refractivity contribution in [2.45, 2.75) is 49.3 Å². The summed E-state index contributed by atoms with van der Waals surface area (Å²) in [5, 5.41) is 12.0. The molecule has 1 aliphatic heterocycles. The molecule has 5 rings (SSSR count). The highest BCUT2D eigenvalue weighted by molar-refractivity contribution is 7.80. The van der Waals surface area contributed by atoms with Crippen molar-refractivity contribution < 1.29 is 14.6 Å². The normalized spacial score (nSPS) is 15.6. The predicted molar refractivity (Wildman–Crippen MR) is 141 cm³/mol. The molecule has 0 radical (unpaired) electrons. The van der Waals surface area contributed by atoms with Gasteiger partial charge in [0.25, 0.3) is 0 Å². The summed E-state index contributed by atoms with van der Waals surface area (Å²) in [4.78, 5) is 11.0. The minimum absolute atomic E-state index is 0.313. The Morgan fingerprint density at radius 1 is 1.03 bits per heavy atom. The average Bonchev–Trinajstić information content (AvgIpc) is 3.17. The van der Waals surface area contributed by atoms with Gasteiger partial charge in [-0.2, -0.15) is 0 Å². The Kier molecular flexibility index (Phi) is 7.37. The Labute approximate surface area is 206 Å². The third kappa shape index (κ3) is 5.50.